The molecular formula is C21H24N2O5S. The van der Waals surface area contributed by atoms with Crippen LogP contribution in [0.5, 0.6) is 5.75 Å². The standard InChI is InChI=1S/C21H24N2O5S/c1-2-28-20-10-9-18(29(25,26)23-12-14-27-15-13-23)16-19(20)22-21(24)11-8-17-6-4-3-5-7-17/h3-11,16H,2,12-15H2,1H3,(H,22,24). The molecule has 0 aromatic heterocycles. The number of nitrogens with zero attached hydrogens (tertiary/aromatic N) is 1. The van der Waals surface area contributed by atoms with Crippen LogP contribution >= 0.6 is 0 Å². The van der Waals surface area contributed by atoms with Crippen molar-refractivity contribution >= 4 is 27.7 Å². The molecule has 1 heterocycles. The zero-order valence-electron chi connectivity index (χ0n) is 16.2. The summed E-state index contributed by atoms with van der Waals surface area (Å²) < 4.78 is 38.0. The van der Waals surface area contributed by atoms with E-state index in [0.717, 1.165) is 5.56 Å². The Morgan fingerprint density at radius 2 is 1.90 bits per heavy atom. The van der Waals surface area contributed by atoms with Gasteiger partial charge >= 0.3 is 0 Å². The zero-order chi connectivity index (χ0) is 20.7. The van der Waals surface area contributed by atoms with Gasteiger partial charge in [-0.15, -0.1) is 0 Å². The van der Waals surface area contributed by atoms with Gasteiger partial charge in [-0.25, -0.2) is 8.42 Å². The van der Waals surface area contributed by atoms with Crippen molar-refractivity contribution in [2.24, 2.45) is 0 Å². The molecule has 0 unspecified atom stereocenters. The molecule has 1 fully saturated rings. The first-order valence-corrected chi connectivity index (χ1v) is 10.8. The molecule has 2 aromatic rings. The number of anilines is 1. The molecule has 1 amide bonds. The van der Waals surface area contributed by atoms with E-state index in [9.17, 15) is 13.2 Å². The molecule has 0 spiro atoms. The lowest BCUT2D eigenvalue weighted by molar-refractivity contribution is -0.111. The van der Waals surface area contributed by atoms with E-state index in [1.807, 2.05) is 37.3 Å². The number of morpholine rings is 1. The second-order valence-corrected chi connectivity index (χ2v) is 8.28. The number of rotatable bonds is 7. The molecule has 154 valence electrons. The fourth-order valence-corrected chi connectivity index (χ4v) is 4.33. The van der Waals surface area contributed by atoms with Crippen LogP contribution in [0.3, 0.4) is 0 Å². The second kappa shape index (κ2) is 9.69. The molecule has 0 atom stereocenters. The van der Waals surface area contributed by atoms with Gasteiger partial charge in [0.25, 0.3) is 0 Å². The van der Waals surface area contributed by atoms with Gasteiger partial charge in [-0.1, -0.05) is 30.3 Å². The Labute approximate surface area is 171 Å². The summed E-state index contributed by atoms with van der Waals surface area (Å²) in [5, 5.41) is 2.72. The quantitative estimate of drug-likeness (QED) is 0.702. The molecule has 0 saturated carbocycles. The Bertz CT molecular complexity index is 968. The fraction of sp³-hybridized carbons (Fsp3) is 0.286. The number of nitrogens with one attached hydrogen (secondary N) is 1. The maximum absolute atomic E-state index is 12.9. The molecular weight excluding hydrogens is 392 g/mol. The van der Waals surface area contributed by atoms with Crippen LogP contribution in [0.1, 0.15) is 12.5 Å². The summed E-state index contributed by atoms with van der Waals surface area (Å²) in [7, 11) is -3.68. The third-order valence-electron chi connectivity index (χ3n) is 4.34. The zero-order valence-corrected chi connectivity index (χ0v) is 17.0. The Morgan fingerprint density at radius 1 is 1.17 bits per heavy atom. The van der Waals surface area contributed by atoms with Crippen molar-refractivity contribution in [3.05, 3.63) is 60.2 Å². The highest BCUT2D eigenvalue weighted by atomic mass is 32.2. The van der Waals surface area contributed by atoms with Crippen molar-refractivity contribution in [2.75, 3.05) is 38.2 Å². The lowest BCUT2D eigenvalue weighted by Crippen LogP contribution is -2.40. The van der Waals surface area contributed by atoms with Gasteiger partial charge in [0, 0.05) is 19.2 Å². The van der Waals surface area contributed by atoms with Crippen LogP contribution in [0, 0.1) is 0 Å². The molecule has 1 aliphatic rings. The van der Waals surface area contributed by atoms with Gasteiger partial charge in [0.1, 0.15) is 5.75 Å². The van der Waals surface area contributed by atoms with Crippen LogP contribution in [0.15, 0.2) is 59.5 Å². The van der Waals surface area contributed by atoms with E-state index in [-0.39, 0.29) is 10.8 Å². The first-order valence-electron chi connectivity index (χ1n) is 9.39. The fourth-order valence-electron chi connectivity index (χ4n) is 2.90. The number of benzene rings is 2. The molecule has 3 rings (SSSR count). The average Bonchev–Trinajstić information content (AvgIpc) is 2.75. The highest BCUT2D eigenvalue weighted by Crippen LogP contribution is 2.29. The van der Waals surface area contributed by atoms with Gasteiger partial charge in [-0.05, 0) is 36.8 Å². The SMILES string of the molecule is CCOc1ccc(S(=O)(=O)N2CCOCC2)cc1NC(=O)C=Cc1ccccc1. The van der Waals surface area contributed by atoms with Gasteiger partial charge in [0.15, 0.2) is 0 Å². The first-order chi connectivity index (χ1) is 14.0. The highest BCUT2D eigenvalue weighted by Gasteiger charge is 2.27. The maximum Gasteiger partial charge on any atom is 0.248 e. The molecule has 7 nitrogen and oxygen atoms in total. The summed E-state index contributed by atoms with van der Waals surface area (Å²) >= 11 is 0. The topological polar surface area (TPSA) is 84.9 Å². The molecule has 1 saturated heterocycles. The number of sulfonamides is 1. The Kier molecular flexibility index (Phi) is 7.03. The minimum Gasteiger partial charge on any atom is -0.492 e. The Morgan fingerprint density at radius 3 is 2.59 bits per heavy atom. The molecule has 29 heavy (non-hydrogen) atoms. The molecule has 0 radical (unpaired) electrons. The van der Waals surface area contributed by atoms with E-state index in [1.165, 1.54) is 22.5 Å². The third kappa shape index (κ3) is 5.44. The highest BCUT2D eigenvalue weighted by molar-refractivity contribution is 7.89. The second-order valence-electron chi connectivity index (χ2n) is 6.34. The number of ether oxygens (including phenoxy) is 2. The van der Waals surface area contributed by atoms with E-state index < -0.39 is 10.0 Å². The van der Waals surface area contributed by atoms with Crippen LogP contribution in [0.4, 0.5) is 5.69 Å². The van der Waals surface area contributed by atoms with Crippen LogP contribution < -0.4 is 10.1 Å². The molecule has 0 aliphatic carbocycles. The van der Waals surface area contributed by atoms with Gasteiger partial charge in [-0.3, -0.25) is 4.79 Å². The average molecular weight is 416 g/mol. The minimum atomic E-state index is -3.68. The predicted octanol–water partition coefficient (Wildman–Crippen LogP) is 2.76. The first kappa shape index (κ1) is 21.0. The van der Waals surface area contributed by atoms with Crippen LogP contribution in [-0.2, 0) is 19.6 Å². The normalized spacial score (nSPS) is 15.3. The monoisotopic (exact) mass is 416 g/mol. The number of hydrogen-bond acceptors (Lipinski definition) is 5. The van der Waals surface area contributed by atoms with Gasteiger partial charge in [0.2, 0.25) is 15.9 Å². The third-order valence-corrected chi connectivity index (χ3v) is 6.24. The van der Waals surface area contributed by atoms with E-state index in [0.29, 0.717) is 44.3 Å². The van der Waals surface area contributed by atoms with Crippen molar-refractivity contribution in [3.63, 3.8) is 0 Å². The van der Waals surface area contributed by atoms with Crippen molar-refractivity contribution in [3.8, 4) is 5.75 Å². The van der Waals surface area contributed by atoms with Crippen molar-refractivity contribution < 1.29 is 22.7 Å². The summed E-state index contributed by atoms with van der Waals surface area (Å²) in [5.74, 6) is 0.0330. The molecule has 0 bridgehead atoms. The van der Waals surface area contributed by atoms with Crippen LogP contribution in [-0.4, -0.2) is 51.5 Å². The number of amides is 1. The van der Waals surface area contributed by atoms with E-state index in [4.69, 9.17) is 9.47 Å². The van der Waals surface area contributed by atoms with Crippen molar-refractivity contribution in [1.82, 2.24) is 4.31 Å². The molecule has 2 aromatic carbocycles. The number of hydrogen-bond donors (Lipinski definition) is 1. The summed E-state index contributed by atoms with van der Waals surface area (Å²) in [6, 6.07) is 13.9. The number of carbonyl (C=O) groups excluding carboxylic acids is 1. The predicted molar refractivity (Wildman–Crippen MR) is 111 cm³/mol. The van der Waals surface area contributed by atoms with E-state index in [2.05, 4.69) is 5.32 Å². The maximum atomic E-state index is 12.9. The molecule has 8 heteroatoms. The molecule has 1 aliphatic heterocycles. The van der Waals surface area contributed by atoms with Crippen LogP contribution in [0.25, 0.3) is 6.08 Å². The lowest BCUT2D eigenvalue weighted by Gasteiger charge is -2.26. The van der Waals surface area contributed by atoms with Gasteiger partial charge in [0.05, 0.1) is 30.4 Å². The Balaban J connectivity index is 1.83. The Hall–Kier alpha value is -2.68. The van der Waals surface area contributed by atoms with Gasteiger partial charge in [-0.2, -0.15) is 4.31 Å². The summed E-state index contributed by atoms with van der Waals surface area (Å²) in [4.78, 5) is 12.5. The lowest BCUT2D eigenvalue weighted by atomic mass is 10.2. The van der Waals surface area contributed by atoms with Gasteiger partial charge < -0.3 is 14.8 Å². The largest absolute Gasteiger partial charge is 0.492 e. The summed E-state index contributed by atoms with van der Waals surface area (Å²) in [6.07, 6.45) is 3.08. The van der Waals surface area contributed by atoms with Crippen molar-refractivity contribution in [2.45, 2.75) is 11.8 Å². The summed E-state index contributed by atoms with van der Waals surface area (Å²) in [6.45, 7) is 3.54. The number of carbonyl (C=O) groups is 1. The summed E-state index contributed by atoms with van der Waals surface area (Å²) in [5.41, 5.74) is 1.19. The van der Waals surface area contributed by atoms with Crippen LogP contribution in [0.2, 0.25) is 0 Å². The van der Waals surface area contributed by atoms with Crippen molar-refractivity contribution in [1.29, 1.82) is 0 Å². The minimum absolute atomic E-state index is 0.102. The van der Waals surface area contributed by atoms with E-state index >= 15 is 0 Å². The van der Waals surface area contributed by atoms with E-state index in [1.54, 1.807) is 12.1 Å². The smallest absolute Gasteiger partial charge is 0.248 e. The molecule has 1 N–H and O–H groups in total.